The van der Waals surface area contributed by atoms with Crippen molar-refractivity contribution in [2.45, 2.75) is 20.8 Å². The molecule has 17 heavy (non-hydrogen) atoms. The first kappa shape index (κ1) is 13.8. The fourth-order valence-electron chi connectivity index (χ4n) is 1.24. The van der Waals surface area contributed by atoms with Crippen molar-refractivity contribution in [3.05, 3.63) is 29.3 Å². The van der Waals surface area contributed by atoms with Gasteiger partial charge in [-0.15, -0.1) is 0 Å². The zero-order valence-electron chi connectivity index (χ0n) is 10.1. The van der Waals surface area contributed by atoms with Gasteiger partial charge < -0.3 is 11.1 Å². The Balaban J connectivity index is 2.97. The summed E-state index contributed by atoms with van der Waals surface area (Å²) < 4.78 is 27.2. The van der Waals surface area contributed by atoms with E-state index in [1.165, 1.54) is 12.1 Å². The second-order valence-corrected chi connectivity index (χ2v) is 5.51. The molecule has 0 bridgehead atoms. The van der Waals surface area contributed by atoms with Crippen LogP contribution in [0.25, 0.3) is 0 Å². The Morgan fingerprint density at radius 1 is 1.29 bits per heavy atom. The third-order valence-corrected chi connectivity index (χ3v) is 2.38. The Morgan fingerprint density at radius 3 is 2.35 bits per heavy atom. The first-order valence-corrected chi connectivity index (χ1v) is 5.65. The average Bonchev–Trinajstić information content (AvgIpc) is 2.18. The fourth-order valence-corrected chi connectivity index (χ4v) is 1.39. The molecule has 0 aromatic heterocycles. The normalized spacial score (nSPS) is 11.4. The highest BCUT2D eigenvalue weighted by atomic mass is 32.1. The van der Waals surface area contributed by atoms with Gasteiger partial charge in [-0.3, -0.25) is 0 Å². The van der Waals surface area contributed by atoms with Gasteiger partial charge in [-0.05, 0) is 17.5 Å². The highest BCUT2D eigenvalue weighted by Crippen LogP contribution is 2.22. The molecule has 0 fully saturated rings. The lowest BCUT2D eigenvalue weighted by Crippen LogP contribution is -2.20. The zero-order chi connectivity index (χ0) is 13.2. The molecule has 1 aromatic rings. The van der Waals surface area contributed by atoms with E-state index >= 15 is 0 Å². The van der Waals surface area contributed by atoms with Gasteiger partial charge in [0.25, 0.3) is 0 Å². The Morgan fingerprint density at radius 2 is 1.88 bits per heavy atom. The summed E-state index contributed by atoms with van der Waals surface area (Å²) in [5.41, 5.74) is 5.31. The lowest BCUT2D eigenvalue weighted by Gasteiger charge is -2.20. The number of nitrogens with two attached hydrogens (primary N) is 1. The molecule has 1 aromatic carbocycles. The van der Waals surface area contributed by atoms with E-state index in [0.717, 1.165) is 0 Å². The van der Waals surface area contributed by atoms with E-state index in [0.29, 0.717) is 6.54 Å². The second kappa shape index (κ2) is 4.96. The van der Waals surface area contributed by atoms with E-state index in [1.807, 2.05) is 20.8 Å². The maximum absolute atomic E-state index is 13.6. The maximum atomic E-state index is 13.6. The minimum absolute atomic E-state index is 0.0231. The van der Waals surface area contributed by atoms with Crippen LogP contribution in [0.1, 0.15) is 26.3 Å². The summed E-state index contributed by atoms with van der Waals surface area (Å²) in [6.07, 6.45) is 0. The van der Waals surface area contributed by atoms with Crippen molar-refractivity contribution >= 4 is 22.9 Å². The Labute approximate surface area is 105 Å². The molecule has 5 heteroatoms. The standard InChI is InChI=1S/C12H16F2N2S/c1-12(2,3)6-16-8-5-4-7(11(15)17)9(13)10(8)14/h4-5,16H,6H2,1-3H3,(H2,15,17). The van der Waals surface area contributed by atoms with Gasteiger partial charge in [-0.1, -0.05) is 33.0 Å². The van der Waals surface area contributed by atoms with Crippen LogP contribution < -0.4 is 11.1 Å². The van der Waals surface area contributed by atoms with Crippen LogP contribution in [0, 0.1) is 17.0 Å². The molecule has 0 aliphatic heterocycles. The minimum atomic E-state index is -1.00. The first-order chi connectivity index (χ1) is 7.72. The number of hydrogen-bond acceptors (Lipinski definition) is 2. The lowest BCUT2D eigenvalue weighted by molar-refractivity contribution is 0.440. The highest BCUT2D eigenvalue weighted by Gasteiger charge is 2.16. The van der Waals surface area contributed by atoms with Gasteiger partial charge in [0, 0.05) is 12.1 Å². The van der Waals surface area contributed by atoms with Gasteiger partial charge in [-0.25, -0.2) is 8.78 Å². The molecule has 0 amide bonds. The molecule has 0 heterocycles. The quantitative estimate of drug-likeness (QED) is 0.818. The van der Waals surface area contributed by atoms with Crippen molar-refractivity contribution in [3.63, 3.8) is 0 Å². The molecule has 0 atom stereocenters. The summed E-state index contributed by atoms with van der Waals surface area (Å²) in [6.45, 7) is 6.53. The van der Waals surface area contributed by atoms with Crippen molar-refractivity contribution in [1.29, 1.82) is 0 Å². The molecule has 0 spiro atoms. The molecule has 3 N–H and O–H groups in total. The van der Waals surface area contributed by atoms with Gasteiger partial charge in [0.15, 0.2) is 11.6 Å². The SMILES string of the molecule is CC(C)(C)CNc1ccc(C(N)=S)c(F)c1F. The fraction of sp³-hybridized carbons (Fsp3) is 0.417. The van der Waals surface area contributed by atoms with E-state index in [4.69, 9.17) is 5.73 Å². The Hall–Kier alpha value is -1.23. The van der Waals surface area contributed by atoms with Crippen LogP contribution in [0.5, 0.6) is 0 Å². The third kappa shape index (κ3) is 3.63. The third-order valence-electron chi connectivity index (χ3n) is 2.16. The second-order valence-electron chi connectivity index (χ2n) is 5.07. The van der Waals surface area contributed by atoms with Crippen LogP contribution in [-0.4, -0.2) is 11.5 Å². The summed E-state index contributed by atoms with van der Waals surface area (Å²) in [5.74, 6) is -1.95. The van der Waals surface area contributed by atoms with Gasteiger partial charge in [0.1, 0.15) is 4.99 Å². The number of anilines is 1. The molecule has 0 aliphatic carbocycles. The van der Waals surface area contributed by atoms with Crippen LogP contribution in [0.3, 0.4) is 0 Å². The predicted molar refractivity (Wildman–Crippen MR) is 70.2 cm³/mol. The molecule has 0 unspecified atom stereocenters. The van der Waals surface area contributed by atoms with Gasteiger partial charge in [0.2, 0.25) is 0 Å². The van der Waals surface area contributed by atoms with E-state index in [2.05, 4.69) is 17.5 Å². The molecular formula is C12H16F2N2S. The largest absolute Gasteiger partial charge is 0.389 e. The highest BCUT2D eigenvalue weighted by molar-refractivity contribution is 7.80. The monoisotopic (exact) mass is 258 g/mol. The van der Waals surface area contributed by atoms with Crippen molar-refractivity contribution in [2.24, 2.45) is 11.1 Å². The molecular weight excluding hydrogens is 242 g/mol. The molecule has 94 valence electrons. The van der Waals surface area contributed by atoms with Gasteiger partial charge in [-0.2, -0.15) is 0 Å². The van der Waals surface area contributed by atoms with Crippen molar-refractivity contribution in [2.75, 3.05) is 11.9 Å². The van der Waals surface area contributed by atoms with Crippen molar-refractivity contribution in [1.82, 2.24) is 0 Å². The molecule has 0 saturated heterocycles. The number of hydrogen-bond donors (Lipinski definition) is 2. The lowest BCUT2D eigenvalue weighted by atomic mass is 9.97. The number of halogens is 2. The molecule has 0 saturated carbocycles. The Bertz CT molecular complexity index is 439. The summed E-state index contributed by atoms with van der Waals surface area (Å²) in [5, 5.41) is 2.86. The topological polar surface area (TPSA) is 38.0 Å². The van der Waals surface area contributed by atoms with Crippen LogP contribution in [0.2, 0.25) is 0 Å². The molecule has 0 aliphatic rings. The van der Waals surface area contributed by atoms with Crippen LogP contribution in [0.4, 0.5) is 14.5 Å². The zero-order valence-corrected chi connectivity index (χ0v) is 10.9. The minimum Gasteiger partial charge on any atom is -0.389 e. The summed E-state index contributed by atoms with van der Waals surface area (Å²) >= 11 is 4.63. The van der Waals surface area contributed by atoms with Crippen molar-refractivity contribution < 1.29 is 8.78 Å². The number of nitrogens with one attached hydrogen (secondary N) is 1. The van der Waals surface area contributed by atoms with Gasteiger partial charge >= 0.3 is 0 Å². The first-order valence-electron chi connectivity index (χ1n) is 5.24. The van der Waals surface area contributed by atoms with Gasteiger partial charge in [0.05, 0.1) is 5.69 Å². The maximum Gasteiger partial charge on any atom is 0.182 e. The summed E-state index contributed by atoms with van der Waals surface area (Å²) in [6, 6.07) is 2.82. The Kier molecular flexibility index (Phi) is 4.03. The van der Waals surface area contributed by atoms with Crippen LogP contribution in [0.15, 0.2) is 12.1 Å². The molecule has 2 nitrogen and oxygen atoms in total. The molecule has 1 rings (SSSR count). The number of thiocarbonyl (C=S) groups is 1. The van der Waals surface area contributed by atoms with Crippen LogP contribution >= 0.6 is 12.2 Å². The molecule has 0 radical (unpaired) electrons. The predicted octanol–water partition coefficient (Wildman–Crippen LogP) is 3.06. The number of rotatable bonds is 3. The van der Waals surface area contributed by atoms with E-state index < -0.39 is 11.6 Å². The van der Waals surface area contributed by atoms with E-state index in [9.17, 15) is 8.78 Å². The average molecular weight is 258 g/mol. The number of benzene rings is 1. The smallest absolute Gasteiger partial charge is 0.182 e. The summed E-state index contributed by atoms with van der Waals surface area (Å²) in [4.78, 5) is -0.149. The van der Waals surface area contributed by atoms with E-state index in [-0.39, 0.29) is 21.7 Å². The van der Waals surface area contributed by atoms with E-state index in [1.54, 1.807) is 0 Å². The van der Waals surface area contributed by atoms with Crippen LogP contribution in [-0.2, 0) is 0 Å². The van der Waals surface area contributed by atoms with Crippen molar-refractivity contribution in [3.8, 4) is 0 Å². The summed E-state index contributed by atoms with van der Waals surface area (Å²) in [7, 11) is 0.